The summed E-state index contributed by atoms with van der Waals surface area (Å²) >= 11 is 0. The van der Waals surface area contributed by atoms with Crippen LogP contribution in [0, 0.1) is 0 Å². The molecule has 0 radical (unpaired) electrons. The summed E-state index contributed by atoms with van der Waals surface area (Å²) in [6.07, 6.45) is -2.59. The normalized spacial score (nSPS) is 16.6. The Morgan fingerprint density at radius 2 is 1.85 bits per heavy atom. The number of hydrogen-bond donors (Lipinski definition) is 1. The van der Waals surface area contributed by atoms with E-state index in [1.807, 2.05) is 0 Å². The lowest BCUT2D eigenvalue weighted by molar-refractivity contribution is -0.137. The first kappa shape index (κ1) is 17.1. The Balaban J connectivity index is 0.00000200. The number of ether oxygens (including phenoxy) is 1. The maximum atomic E-state index is 12.9. The number of hydrogen-bond acceptors (Lipinski definition) is 2. The summed E-state index contributed by atoms with van der Waals surface area (Å²) in [5, 5.41) is 3.22. The molecule has 1 heterocycles. The van der Waals surface area contributed by atoms with Crippen molar-refractivity contribution in [1.29, 1.82) is 0 Å². The fourth-order valence-corrected chi connectivity index (χ4v) is 2.43. The Morgan fingerprint density at radius 1 is 1.20 bits per heavy atom. The van der Waals surface area contributed by atoms with Crippen molar-refractivity contribution in [3.8, 4) is 5.75 Å². The molecule has 0 bridgehead atoms. The molecule has 2 nitrogen and oxygen atoms in total. The molecule has 0 amide bonds. The number of piperidine rings is 1. The van der Waals surface area contributed by atoms with Crippen LogP contribution >= 0.6 is 12.4 Å². The maximum Gasteiger partial charge on any atom is 0.416 e. The summed E-state index contributed by atoms with van der Waals surface area (Å²) < 4.78 is 43.9. The van der Waals surface area contributed by atoms with Crippen LogP contribution in [-0.2, 0) is 6.18 Å². The topological polar surface area (TPSA) is 21.3 Å². The van der Waals surface area contributed by atoms with Gasteiger partial charge in [-0.1, -0.05) is 0 Å². The van der Waals surface area contributed by atoms with Crippen LogP contribution in [0.4, 0.5) is 13.2 Å². The van der Waals surface area contributed by atoms with Crippen LogP contribution in [0.2, 0.25) is 0 Å². The SMILES string of the molecule is CCOc1cc(C2CCNCC2)cc(C(F)(F)F)c1.Cl. The molecule has 1 aromatic rings. The Labute approximate surface area is 123 Å². The van der Waals surface area contributed by atoms with Gasteiger partial charge in [0, 0.05) is 0 Å². The van der Waals surface area contributed by atoms with E-state index in [1.54, 1.807) is 13.0 Å². The van der Waals surface area contributed by atoms with E-state index in [0.717, 1.165) is 37.6 Å². The molecule has 6 heteroatoms. The summed E-state index contributed by atoms with van der Waals surface area (Å²) in [7, 11) is 0. The molecular weight excluding hydrogens is 291 g/mol. The molecule has 1 fully saturated rings. The first-order valence-corrected chi connectivity index (χ1v) is 6.56. The van der Waals surface area contributed by atoms with Gasteiger partial charge in [-0.2, -0.15) is 13.2 Å². The van der Waals surface area contributed by atoms with Crippen LogP contribution in [0.1, 0.15) is 36.8 Å². The van der Waals surface area contributed by atoms with Gasteiger partial charge in [-0.05, 0) is 62.5 Å². The van der Waals surface area contributed by atoms with Gasteiger partial charge in [0.15, 0.2) is 0 Å². The first-order chi connectivity index (χ1) is 9.00. The van der Waals surface area contributed by atoms with Crippen LogP contribution in [-0.4, -0.2) is 19.7 Å². The minimum absolute atomic E-state index is 0. The van der Waals surface area contributed by atoms with E-state index in [9.17, 15) is 13.2 Å². The zero-order chi connectivity index (χ0) is 13.9. The Hall–Kier alpha value is -0.940. The van der Waals surface area contributed by atoms with Gasteiger partial charge in [0.2, 0.25) is 0 Å². The monoisotopic (exact) mass is 309 g/mol. The van der Waals surface area contributed by atoms with Crippen molar-refractivity contribution >= 4 is 12.4 Å². The summed E-state index contributed by atoms with van der Waals surface area (Å²) in [5.74, 6) is 0.494. The average Bonchev–Trinajstić information content (AvgIpc) is 2.39. The molecule has 1 aliphatic heterocycles. The van der Waals surface area contributed by atoms with E-state index >= 15 is 0 Å². The van der Waals surface area contributed by atoms with Crippen LogP contribution in [0.25, 0.3) is 0 Å². The highest BCUT2D eigenvalue weighted by Crippen LogP contribution is 2.36. The number of nitrogens with one attached hydrogen (secondary N) is 1. The van der Waals surface area contributed by atoms with Gasteiger partial charge in [-0.15, -0.1) is 12.4 Å². The van der Waals surface area contributed by atoms with Gasteiger partial charge in [-0.25, -0.2) is 0 Å². The van der Waals surface area contributed by atoms with Crippen LogP contribution in [0.3, 0.4) is 0 Å². The summed E-state index contributed by atoms with van der Waals surface area (Å²) in [6, 6.07) is 4.08. The molecule has 0 saturated carbocycles. The minimum atomic E-state index is -4.32. The zero-order valence-corrected chi connectivity index (χ0v) is 12.1. The van der Waals surface area contributed by atoms with Crippen molar-refractivity contribution in [2.45, 2.75) is 31.9 Å². The van der Waals surface area contributed by atoms with Crippen molar-refractivity contribution < 1.29 is 17.9 Å². The Bertz CT molecular complexity index is 431. The lowest BCUT2D eigenvalue weighted by Crippen LogP contribution is -2.26. The molecule has 2 rings (SSSR count). The highest BCUT2D eigenvalue weighted by Gasteiger charge is 2.32. The fourth-order valence-electron chi connectivity index (χ4n) is 2.43. The van der Waals surface area contributed by atoms with E-state index in [-0.39, 0.29) is 18.3 Å². The molecule has 0 atom stereocenters. The van der Waals surface area contributed by atoms with Gasteiger partial charge >= 0.3 is 6.18 Å². The molecule has 0 aliphatic carbocycles. The van der Waals surface area contributed by atoms with Crippen molar-refractivity contribution in [3.05, 3.63) is 29.3 Å². The van der Waals surface area contributed by atoms with E-state index in [0.29, 0.717) is 12.4 Å². The molecule has 1 aliphatic rings. The second-order valence-electron chi connectivity index (χ2n) is 4.75. The molecule has 20 heavy (non-hydrogen) atoms. The molecule has 1 aromatic carbocycles. The standard InChI is InChI=1S/C14H18F3NO.ClH/c1-2-19-13-8-11(10-3-5-18-6-4-10)7-12(9-13)14(15,16)17;/h7-10,18H,2-6H2,1H3;1H. The molecule has 114 valence electrons. The lowest BCUT2D eigenvalue weighted by atomic mass is 9.89. The van der Waals surface area contributed by atoms with E-state index in [1.165, 1.54) is 6.07 Å². The number of halogens is 4. The van der Waals surface area contributed by atoms with Crippen molar-refractivity contribution in [3.63, 3.8) is 0 Å². The molecule has 0 aromatic heterocycles. The van der Waals surface area contributed by atoms with Crippen molar-refractivity contribution in [2.24, 2.45) is 0 Å². The van der Waals surface area contributed by atoms with Crippen molar-refractivity contribution in [1.82, 2.24) is 5.32 Å². The predicted octanol–water partition coefficient (Wildman–Crippen LogP) is 3.99. The first-order valence-electron chi connectivity index (χ1n) is 6.56. The smallest absolute Gasteiger partial charge is 0.416 e. The van der Waals surface area contributed by atoms with E-state index in [2.05, 4.69) is 5.32 Å². The van der Waals surface area contributed by atoms with Gasteiger partial charge in [0.1, 0.15) is 5.75 Å². The largest absolute Gasteiger partial charge is 0.494 e. The maximum absolute atomic E-state index is 12.9. The van der Waals surface area contributed by atoms with Crippen LogP contribution in [0.5, 0.6) is 5.75 Å². The number of rotatable bonds is 3. The highest BCUT2D eigenvalue weighted by atomic mass is 35.5. The quantitative estimate of drug-likeness (QED) is 0.911. The Morgan fingerprint density at radius 3 is 2.40 bits per heavy atom. The van der Waals surface area contributed by atoms with Crippen LogP contribution < -0.4 is 10.1 Å². The van der Waals surface area contributed by atoms with Crippen molar-refractivity contribution in [2.75, 3.05) is 19.7 Å². The van der Waals surface area contributed by atoms with E-state index in [4.69, 9.17) is 4.74 Å². The van der Waals surface area contributed by atoms with Crippen LogP contribution in [0.15, 0.2) is 18.2 Å². The third-order valence-corrected chi connectivity index (χ3v) is 3.38. The number of alkyl halides is 3. The third kappa shape index (κ3) is 4.28. The fraction of sp³-hybridized carbons (Fsp3) is 0.571. The van der Waals surface area contributed by atoms with Gasteiger partial charge < -0.3 is 10.1 Å². The predicted molar refractivity (Wildman–Crippen MR) is 74.7 cm³/mol. The van der Waals surface area contributed by atoms with Gasteiger partial charge in [0.05, 0.1) is 12.2 Å². The molecule has 1 N–H and O–H groups in total. The summed E-state index contributed by atoms with van der Waals surface area (Å²) in [4.78, 5) is 0. The average molecular weight is 310 g/mol. The summed E-state index contributed by atoms with van der Waals surface area (Å²) in [5.41, 5.74) is 0.117. The number of benzene rings is 1. The second kappa shape index (κ2) is 7.18. The van der Waals surface area contributed by atoms with Gasteiger partial charge in [0.25, 0.3) is 0 Å². The summed E-state index contributed by atoms with van der Waals surface area (Å²) in [6.45, 7) is 3.84. The minimum Gasteiger partial charge on any atom is -0.494 e. The Kier molecular flexibility index (Phi) is 6.14. The third-order valence-electron chi connectivity index (χ3n) is 3.38. The molecule has 0 spiro atoms. The second-order valence-corrected chi connectivity index (χ2v) is 4.75. The lowest BCUT2D eigenvalue weighted by Gasteiger charge is -2.24. The molecular formula is C14H19ClF3NO. The highest BCUT2D eigenvalue weighted by molar-refractivity contribution is 5.85. The zero-order valence-electron chi connectivity index (χ0n) is 11.3. The molecule has 0 unspecified atom stereocenters. The molecule has 1 saturated heterocycles. The van der Waals surface area contributed by atoms with E-state index < -0.39 is 11.7 Å². The van der Waals surface area contributed by atoms with Gasteiger partial charge in [-0.3, -0.25) is 0 Å².